The summed E-state index contributed by atoms with van der Waals surface area (Å²) in [7, 11) is 0. The van der Waals surface area contributed by atoms with Crippen molar-refractivity contribution in [2.75, 3.05) is 6.54 Å². The molecule has 1 rings (SSSR count). The highest BCUT2D eigenvalue weighted by Gasteiger charge is 2.57. The van der Waals surface area contributed by atoms with E-state index in [1.54, 1.807) is 0 Å². The van der Waals surface area contributed by atoms with Gasteiger partial charge in [0.15, 0.2) is 0 Å². The third kappa shape index (κ3) is 2.84. The summed E-state index contributed by atoms with van der Waals surface area (Å²) in [6.45, 7) is 10.4. The molecule has 0 aromatic rings. The molecule has 2 atom stereocenters. The monoisotopic (exact) mass is 214 g/mol. The second-order valence-electron chi connectivity index (χ2n) is 5.79. The molecular formula is C11H22N2O2. The SMILES string of the molecule is CC(C)(C)OC(=O)N[C@@H]1[C@@H](CN)C1(C)C. The zero-order valence-corrected chi connectivity index (χ0v) is 10.3. The zero-order chi connectivity index (χ0) is 11.9. The molecule has 0 aliphatic heterocycles. The van der Waals surface area contributed by atoms with E-state index in [0.717, 1.165) is 0 Å². The highest BCUT2D eigenvalue weighted by Crippen LogP contribution is 2.51. The summed E-state index contributed by atoms with van der Waals surface area (Å²) in [6.07, 6.45) is -0.350. The van der Waals surface area contributed by atoms with Crippen LogP contribution in [0.1, 0.15) is 34.6 Å². The Bertz CT molecular complexity index is 256. The Labute approximate surface area is 91.5 Å². The Hall–Kier alpha value is -0.770. The minimum absolute atomic E-state index is 0.103. The number of carbonyl (C=O) groups is 1. The molecule has 1 saturated carbocycles. The maximum Gasteiger partial charge on any atom is 0.407 e. The summed E-state index contributed by atoms with van der Waals surface area (Å²) in [5, 5.41) is 2.86. The van der Waals surface area contributed by atoms with Crippen LogP contribution in [0.15, 0.2) is 0 Å². The molecule has 1 aliphatic carbocycles. The lowest BCUT2D eigenvalue weighted by molar-refractivity contribution is 0.0516. The lowest BCUT2D eigenvalue weighted by Crippen LogP contribution is -2.35. The zero-order valence-electron chi connectivity index (χ0n) is 10.3. The summed E-state index contributed by atoms with van der Waals surface area (Å²) < 4.78 is 5.18. The highest BCUT2D eigenvalue weighted by molar-refractivity contribution is 5.69. The molecule has 15 heavy (non-hydrogen) atoms. The molecule has 88 valence electrons. The van der Waals surface area contributed by atoms with Crippen LogP contribution in [0, 0.1) is 11.3 Å². The molecule has 0 spiro atoms. The summed E-state index contributed by atoms with van der Waals surface area (Å²) in [5.41, 5.74) is 5.27. The molecule has 0 aromatic heterocycles. The molecule has 1 aliphatic rings. The third-order valence-electron chi connectivity index (χ3n) is 2.98. The number of amides is 1. The van der Waals surface area contributed by atoms with Gasteiger partial charge < -0.3 is 15.8 Å². The Kier molecular flexibility index (Phi) is 3.01. The molecular weight excluding hydrogens is 192 g/mol. The number of carbonyl (C=O) groups excluding carboxylic acids is 1. The van der Waals surface area contributed by atoms with E-state index in [1.165, 1.54) is 0 Å². The molecule has 0 bridgehead atoms. The number of nitrogens with one attached hydrogen (secondary N) is 1. The van der Waals surface area contributed by atoms with Crippen LogP contribution >= 0.6 is 0 Å². The molecule has 1 amide bonds. The molecule has 4 heteroatoms. The first-order valence-corrected chi connectivity index (χ1v) is 5.38. The fraction of sp³-hybridized carbons (Fsp3) is 0.909. The maximum absolute atomic E-state index is 11.5. The lowest BCUT2D eigenvalue weighted by Gasteiger charge is -2.20. The van der Waals surface area contributed by atoms with E-state index in [1.807, 2.05) is 20.8 Å². The lowest BCUT2D eigenvalue weighted by atomic mass is 10.1. The van der Waals surface area contributed by atoms with Crippen molar-refractivity contribution in [3.63, 3.8) is 0 Å². The van der Waals surface area contributed by atoms with E-state index in [-0.39, 0.29) is 17.6 Å². The van der Waals surface area contributed by atoms with E-state index >= 15 is 0 Å². The molecule has 0 saturated heterocycles. The van der Waals surface area contributed by atoms with Gasteiger partial charge >= 0.3 is 6.09 Å². The quantitative estimate of drug-likeness (QED) is 0.732. The van der Waals surface area contributed by atoms with Crippen molar-refractivity contribution < 1.29 is 9.53 Å². The normalized spacial score (nSPS) is 28.4. The molecule has 3 N–H and O–H groups in total. The predicted molar refractivity (Wildman–Crippen MR) is 59.5 cm³/mol. The van der Waals surface area contributed by atoms with Crippen LogP contribution in [0.25, 0.3) is 0 Å². The van der Waals surface area contributed by atoms with Gasteiger partial charge in [0.2, 0.25) is 0 Å². The van der Waals surface area contributed by atoms with Crippen LogP contribution in [-0.4, -0.2) is 24.3 Å². The number of ether oxygens (including phenoxy) is 1. The average Bonchev–Trinajstić information content (AvgIpc) is 2.48. The minimum atomic E-state index is -0.443. The van der Waals surface area contributed by atoms with Crippen LogP contribution in [0.5, 0.6) is 0 Å². The first-order chi connectivity index (χ1) is 6.68. The van der Waals surface area contributed by atoms with Crippen molar-refractivity contribution in [3.8, 4) is 0 Å². The van der Waals surface area contributed by atoms with Gasteiger partial charge in [0.25, 0.3) is 0 Å². The van der Waals surface area contributed by atoms with E-state index in [0.29, 0.717) is 12.5 Å². The van der Waals surface area contributed by atoms with Gasteiger partial charge in [-0.1, -0.05) is 13.8 Å². The van der Waals surface area contributed by atoms with Crippen molar-refractivity contribution in [3.05, 3.63) is 0 Å². The molecule has 0 radical (unpaired) electrons. The first kappa shape index (κ1) is 12.3. The Morgan fingerprint density at radius 3 is 2.33 bits per heavy atom. The van der Waals surface area contributed by atoms with Crippen LogP contribution in [0.4, 0.5) is 4.79 Å². The summed E-state index contributed by atoms with van der Waals surface area (Å²) >= 11 is 0. The van der Waals surface area contributed by atoms with Gasteiger partial charge in [-0.2, -0.15) is 0 Å². The van der Waals surface area contributed by atoms with Gasteiger partial charge in [-0.3, -0.25) is 0 Å². The Balaban J connectivity index is 2.42. The van der Waals surface area contributed by atoms with Crippen molar-refractivity contribution in [2.45, 2.75) is 46.3 Å². The van der Waals surface area contributed by atoms with E-state index in [4.69, 9.17) is 10.5 Å². The van der Waals surface area contributed by atoms with Crippen molar-refractivity contribution in [2.24, 2.45) is 17.1 Å². The Morgan fingerprint density at radius 2 is 2.00 bits per heavy atom. The van der Waals surface area contributed by atoms with Gasteiger partial charge in [-0.25, -0.2) is 4.79 Å². The number of hydrogen-bond donors (Lipinski definition) is 2. The van der Waals surface area contributed by atoms with Gasteiger partial charge in [0.1, 0.15) is 5.60 Å². The topological polar surface area (TPSA) is 64.3 Å². The molecule has 0 aromatic carbocycles. The largest absolute Gasteiger partial charge is 0.444 e. The number of hydrogen-bond acceptors (Lipinski definition) is 3. The van der Waals surface area contributed by atoms with Crippen LogP contribution in [-0.2, 0) is 4.74 Å². The fourth-order valence-electron chi connectivity index (χ4n) is 1.91. The van der Waals surface area contributed by atoms with Crippen LogP contribution in [0.3, 0.4) is 0 Å². The summed E-state index contributed by atoms with van der Waals surface area (Å²) in [6, 6.07) is 0.150. The Morgan fingerprint density at radius 1 is 1.47 bits per heavy atom. The predicted octanol–water partition coefficient (Wildman–Crippen LogP) is 1.49. The van der Waals surface area contributed by atoms with Gasteiger partial charge in [-0.05, 0) is 38.6 Å². The van der Waals surface area contributed by atoms with E-state index in [9.17, 15) is 4.79 Å². The number of rotatable bonds is 2. The van der Waals surface area contributed by atoms with Crippen molar-refractivity contribution in [1.29, 1.82) is 0 Å². The van der Waals surface area contributed by atoms with Crippen LogP contribution < -0.4 is 11.1 Å². The summed E-state index contributed by atoms with van der Waals surface area (Å²) in [5.74, 6) is 0.366. The van der Waals surface area contributed by atoms with Gasteiger partial charge in [0, 0.05) is 6.04 Å². The summed E-state index contributed by atoms with van der Waals surface area (Å²) in [4.78, 5) is 11.5. The van der Waals surface area contributed by atoms with Crippen molar-refractivity contribution in [1.82, 2.24) is 5.32 Å². The van der Waals surface area contributed by atoms with Crippen LogP contribution in [0.2, 0.25) is 0 Å². The maximum atomic E-state index is 11.5. The number of nitrogens with two attached hydrogens (primary N) is 1. The molecule has 0 unspecified atom stereocenters. The molecule has 0 heterocycles. The van der Waals surface area contributed by atoms with E-state index in [2.05, 4.69) is 19.2 Å². The standard InChI is InChI=1S/C11H22N2O2/c1-10(2,3)15-9(14)13-8-7(6-12)11(8,4)5/h7-8H,6,12H2,1-5H3,(H,13,14)/t7-,8-/m1/s1. The fourth-order valence-corrected chi connectivity index (χ4v) is 1.91. The molecule has 4 nitrogen and oxygen atoms in total. The van der Waals surface area contributed by atoms with E-state index < -0.39 is 5.60 Å². The molecule has 1 fully saturated rings. The average molecular weight is 214 g/mol. The third-order valence-corrected chi connectivity index (χ3v) is 2.98. The number of alkyl carbamates (subject to hydrolysis) is 1. The van der Waals surface area contributed by atoms with Crippen molar-refractivity contribution >= 4 is 6.09 Å². The van der Waals surface area contributed by atoms with Gasteiger partial charge in [0.05, 0.1) is 0 Å². The second kappa shape index (κ2) is 3.67. The minimum Gasteiger partial charge on any atom is -0.444 e. The smallest absolute Gasteiger partial charge is 0.407 e. The first-order valence-electron chi connectivity index (χ1n) is 5.38. The highest BCUT2D eigenvalue weighted by atomic mass is 16.6. The van der Waals surface area contributed by atoms with Gasteiger partial charge in [-0.15, -0.1) is 0 Å². The second-order valence-corrected chi connectivity index (χ2v) is 5.79.